The summed E-state index contributed by atoms with van der Waals surface area (Å²) in [5, 5.41) is 0.286. The maximum absolute atomic E-state index is 12.4. The minimum atomic E-state index is -0.383. The predicted molar refractivity (Wildman–Crippen MR) is 81.8 cm³/mol. The molecule has 1 aliphatic rings. The standard InChI is InChI=1S/C14H19ClN4O2/c1-17-11-10(12(20)18(2)14(17)21)19(13(15)16-11)8-9-6-4-3-5-7-9/h9H,3-8H2,1-2H3. The van der Waals surface area contributed by atoms with Gasteiger partial charge >= 0.3 is 5.69 Å². The van der Waals surface area contributed by atoms with Crippen LogP contribution in [0.2, 0.25) is 5.28 Å². The van der Waals surface area contributed by atoms with Gasteiger partial charge in [-0.2, -0.15) is 4.98 Å². The van der Waals surface area contributed by atoms with Gasteiger partial charge in [-0.3, -0.25) is 13.9 Å². The van der Waals surface area contributed by atoms with Crippen molar-refractivity contribution in [2.45, 2.75) is 38.6 Å². The second-order valence-corrected chi connectivity index (χ2v) is 6.21. The third-order valence-electron chi connectivity index (χ3n) is 4.47. The van der Waals surface area contributed by atoms with E-state index in [2.05, 4.69) is 4.98 Å². The average molecular weight is 311 g/mol. The first-order valence-corrected chi connectivity index (χ1v) is 7.70. The van der Waals surface area contributed by atoms with Crippen LogP contribution >= 0.6 is 11.6 Å². The van der Waals surface area contributed by atoms with E-state index in [0.717, 1.165) is 17.4 Å². The van der Waals surface area contributed by atoms with Crippen molar-refractivity contribution in [2.75, 3.05) is 0 Å². The zero-order valence-corrected chi connectivity index (χ0v) is 13.1. The van der Waals surface area contributed by atoms with Crippen molar-refractivity contribution in [1.29, 1.82) is 0 Å². The van der Waals surface area contributed by atoms with Crippen LogP contribution in [-0.2, 0) is 20.6 Å². The molecule has 1 saturated carbocycles. The highest BCUT2D eigenvalue weighted by Crippen LogP contribution is 2.27. The van der Waals surface area contributed by atoms with E-state index in [0.29, 0.717) is 23.6 Å². The van der Waals surface area contributed by atoms with Gasteiger partial charge in [0.1, 0.15) is 0 Å². The van der Waals surface area contributed by atoms with Crippen LogP contribution in [0.5, 0.6) is 0 Å². The fraction of sp³-hybridized carbons (Fsp3) is 0.643. The molecule has 2 aromatic rings. The normalized spacial score (nSPS) is 16.7. The summed E-state index contributed by atoms with van der Waals surface area (Å²) in [6, 6.07) is 0. The topological polar surface area (TPSA) is 61.8 Å². The number of fused-ring (bicyclic) bond motifs is 1. The molecule has 3 rings (SSSR count). The molecule has 21 heavy (non-hydrogen) atoms. The molecular formula is C14H19ClN4O2. The van der Waals surface area contributed by atoms with Crippen LogP contribution < -0.4 is 11.2 Å². The molecule has 1 fully saturated rings. The number of hydrogen-bond acceptors (Lipinski definition) is 3. The van der Waals surface area contributed by atoms with E-state index in [9.17, 15) is 9.59 Å². The zero-order valence-electron chi connectivity index (χ0n) is 12.3. The Hall–Kier alpha value is -1.56. The lowest BCUT2D eigenvalue weighted by molar-refractivity contribution is 0.322. The summed E-state index contributed by atoms with van der Waals surface area (Å²) < 4.78 is 4.26. The summed E-state index contributed by atoms with van der Waals surface area (Å²) in [6.45, 7) is 0.697. The molecule has 0 N–H and O–H groups in total. The van der Waals surface area contributed by atoms with Crippen molar-refractivity contribution >= 4 is 22.8 Å². The molecule has 0 unspecified atom stereocenters. The largest absolute Gasteiger partial charge is 0.332 e. The maximum Gasteiger partial charge on any atom is 0.332 e. The van der Waals surface area contributed by atoms with Crippen LogP contribution in [0.3, 0.4) is 0 Å². The van der Waals surface area contributed by atoms with Crippen molar-refractivity contribution in [1.82, 2.24) is 18.7 Å². The first-order chi connectivity index (χ1) is 10.0. The number of halogens is 1. The summed E-state index contributed by atoms with van der Waals surface area (Å²) in [7, 11) is 3.09. The van der Waals surface area contributed by atoms with Crippen molar-refractivity contribution in [3.05, 3.63) is 26.1 Å². The lowest BCUT2D eigenvalue weighted by Crippen LogP contribution is -2.37. The first kappa shape index (κ1) is 14.4. The van der Waals surface area contributed by atoms with Gasteiger partial charge in [0.15, 0.2) is 11.2 Å². The Morgan fingerprint density at radius 2 is 1.81 bits per heavy atom. The first-order valence-electron chi connectivity index (χ1n) is 7.32. The van der Waals surface area contributed by atoms with Crippen LogP contribution in [0, 0.1) is 5.92 Å². The number of rotatable bonds is 2. The summed E-state index contributed by atoms with van der Waals surface area (Å²) in [5.41, 5.74) is 0.0777. The number of imidazole rings is 1. The van der Waals surface area contributed by atoms with E-state index in [-0.39, 0.29) is 16.5 Å². The second-order valence-electron chi connectivity index (χ2n) is 5.87. The second kappa shape index (κ2) is 5.33. The fourth-order valence-corrected chi connectivity index (χ4v) is 3.45. The molecule has 0 radical (unpaired) electrons. The van der Waals surface area contributed by atoms with E-state index in [1.807, 2.05) is 0 Å². The van der Waals surface area contributed by atoms with E-state index >= 15 is 0 Å². The highest BCUT2D eigenvalue weighted by atomic mass is 35.5. The van der Waals surface area contributed by atoms with E-state index in [4.69, 9.17) is 11.6 Å². The fourth-order valence-electron chi connectivity index (χ4n) is 3.21. The van der Waals surface area contributed by atoms with Crippen LogP contribution in [0.25, 0.3) is 11.2 Å². The van der Waals surface area contributed by atoms with Crippen LogP contribution in [0.15, 0.2) is 9.59 Å². The van der Waals surface area contributed by atoms with E-state index in [1.54, 1.807) is 11.6 Å². The quantitative estimate of drug-likeness (QED) is 0.793. The lowest BCUT2D eigenvalue weighted by atomic mass is 9.89. The van der Waals surface area contributed by atoms with Gasteiger partial charge in [-0.15, -0.1) is 0 Å². The van der Waals surface area contributed by atoms with Gasteiger partial charge in [-0.1, -0.05) is 19.3 Å². The lowest BCUT2D eigenvalue weighted by Gasteiger charge is -2.22. The smallest absolute Gasteiger partial charge is 0.308 e. The third-order valence-corrected chi connectivity index (χ3v) is 4.76. The molecule has 0 bridgehead atoms. The molecule has 0 amide bonds. The van der Waals surface area contributed by atoms with Crippen molar-refractivity contribution in [2.24, 2.45) is 20.0 Å². The Kier molecular flexibility index (Phi) is 3.65. The van der Waals surface area contributed by atoms with Gasteiger partial charge in [0.2, 0.25) is 5.28 Å². The number of nitrogens with zero attached hydrogens (tertiary/aromatic N) is 4. The number of aryl methyl sites for hydroxylation is 1. The van der Waals surface area contributed by atoms with Crippen molar-refractivity contribution in [3.8, 4) is 0 Å². The molecule has 2 heterocycles. The van der Waals surface area contributed by atoms with Gasteiger partial charge in [0.25, 0.3) is 5.56 Å². The summed E-state index contributed by atoms with van der Waals surface area (Å²) in [5.74, 6) is 0.524. The van der Waals surface area contributed by atoms with Gasteiger partial charge in [-0.05, 0) is 30.4 Å². The Labute approximate surface area is 127 Å². The Morgan fingerprint density at radius 3 is 2.48 bits per heavy atom. The predicted octanol–water partition coefficient (Wildman–Crippen LogP) is 1.67. The van der Waals surface area contributed by atoms with E-state index < -0.39 is 0 Å². The average Bonchev–Trinajstić information content (AvgIpc) is 2.81. The summed E-state index contributed by atoms with van der Waals surface area (Å²) >= 11 is 6.22. The third kappa shape index (κ3) is 2.31. The Balaban J connectivity index is 2.16. The van der Waals surface area contributed by atoms with Gasteiger partial charge < -0.3 is 4.57 Å². The van der Waals surface area contributed by atoms with E-state index in [1.165, 1.54) is 30.9 Å². The highest BCUT2D eigenvalue weighted by molar-refractivity contribution is 6.29. The number of hydrogen-bond donors (Lipinski definition) is 0. The molecule has 0 saturated heterocycles. The Bertz CT molecular complexity index is 796. The maximum atomic E-state index is 12.4. The van der Waals surface area contributed by atoms with Crippen LogP contribution in [-0.4, -0.2) is 18.7 Å². The molecule has 7 heteroatoms. The van der Waals surface area contributed by atoms with Crippen LogP contribution in [0.4, 0.5) is 0 Å². The van der Waals surface area contributed by atoms with Crippen molar-refractivity contribution < 1.29 is 0 Å². The molecule has 0 spiro atoms. The van der Waals surface area contributed by atoms with Crippen LogP contribution in [0.1, 0.15) is 32.1 Å². The molecule has 2 aromatic heterocycles. The SMILES string of the molecule is Cn1c(=O)c2c(nc(Cl)n2CC2CCCCC2)n(C)c1=O. The summed E-state index contributed by atoms with van der Waals surface area (Å²) in [4.78, 5) is 28.6. The highest BCUT2D eigenvalue weighted by Gasteiger charge is 2.21. The van der Waals surface area contributed by atoms with Crippen molar-refractivity contribution in [3.63, 3.8) is 0 Å². The van der Waals surface area contributed by atoms with Gasteiger partial charge in [-0.25, -0.2) is 4.79 Å². The monoisotopic (exact) mass is 310 g/mol. The molecule has 0 atom stereocenters. The molecule has 6 nitrogen and oxygen atoms in total. The molecule has 0 aliphatic heterocycles. The minimum absolute atomic E-state index is 0.286. The van der Waals surface area contributed by atoms with Gasteiger partial charge in [0, 0.05) is 20.6 Å². The Morgan fingerprint density at radius 1 is 1.14 bits per heavy atom. The van der Waals surface area contributed by atoms with Gasteiger partial charge in [0.05, 0.1) is 0 Å². The zero-order chi connectivity index (χ0) is 15.1. The molecule has 0 aromatic carbocycles. The molecular weight excluding hydrogens is 292 g/mol. The summed E-state index contributed by atoms with van der Waals surface area (Å²) in [6.07, 6.45) is 6.05. The molecule has 114 valence electrons. The number of aromatic nitrogens is 4. The minimum Gasteiger partial charge on any atom is -0.308 e. The molecule has 1 aliphatic carbocycles.